The third-order valence-electron chi connectivity index (χ3n) is 10.5. The van der Waals surface area contributed by atoms with E-state index in [1.807, 2.05) is 60.7 Å². The van der Waals surface area contributed by atoms with Crippen molar-refractivity contribution in [3.63, 3.8) is 0 Å². The van der Waals surface area contributed by atoms with Gasteiger partial charge in [-0.3, -0.25) is 0 Å². The molecule has 2 aliphatic heterocycles. The van der Waals surface area contributed by atoms with Gasteiger partial charge in [0.05, 0.1) is 36.2 Å². The minimum Gasteiger partial charge on any atom is -0.490 e. The molecule has 2 N–H and O–H groups in total. The monoisotopic (exact) mass is 938 g/mol. The quantitative estimate of drug-likeness (QED) is 0.135. The Labute approximate surface area is 379 Å². The van der Waals surface area contributed by atoms with E-state index in [1.165, 1.54) is 24.3 Å². The standard InChI is InChI=1S/2C24H20ClNO5S/c2*25-19-8-3-2-7-18(19)24(23-14-16-6-1-4-9-20(16)31-23)26-32(27,28)17-10-11-21-22(15-17)30-13-5-12-29-21/h2*1-4,6-11,14-15,24,26H,5,12-13H2/t2*24-/m10/s1. The molecule has 2 aliphatic rings. The van der Waals surface area contributed by atoms with Crippen LogP contribution in [0.2, 0.25) is 10.0 Å². The lowest BCUT2D eigenvalue weighted by atomic mass is 10.1. The van der Waals surface area contributed by atoms with Crippen molar-refractivity contribution < 1.29 is 44.6 Å². The third kappa shape index (κ3) is 9.43. The number of sulfonamides is 2. The van der Waals surface area contributed by atoms with Gasteiger partial charge in [0.2, 0.25) is 20.0 Å². The average Bonchev–Trinajstić information content (AvgIpc) is 3.76. The summed E-state index contributed by atoms with van der Waals surface area (Å²) >= 11 is 12.9. The van der Waals surface area contributed by atoms with Gasteiger partial charge in [0, 0.05) is 45.8 Å². The second-order valence-corrected chi connectivity index (χ2v) is 19.1. The van der Waals surface area contributed by atoms with Gasteiger partial charge in [-0.05, 0) is 71.8 Å². The number of fused-ring (bicyclic) bond motifs is 4. The van der Waals surface area contributed by atoms with Gasteiger partial charge in [-0.2, -0.15) is 9.44 Å². The summed E-state index contributed by atoms with van der Waals surface area (Å²) in [6.07, 6.45) is 1.46. The van der Waals surface area contributed by atoms with Crippen molar-refractivity contribution in [2.75, 3.05) is 26.4 Å². The van der Waals surface area contributed by atoms with E-state index in [2.05, 4.69) is 9.44 Å². The highest BCUT2D eigenvalue weighted by Crippen LogP contribution is 2.38. The van der Waals surface area contributed by atoms with E-state index in [1.54, 1.807) is 60.7 Å². The van der Waals surface area contributed by atoms with E-state index in [0.29, 0.717) is 93.3 Å². The Kier molecular flexibility index (Phi) is 12.6. The van der Waals surface area contributed by atoms with Crippen LogP contribution < -0.4 is 28.4 Å². The maximum Gasteiger partial charge on any atom is 0.241 e. The summed E-state index contributed by atoms with van der Waals surface area (Å²) in [4.78, 5) is 0.129. The molecule has 0 unspecified atom stereocenters. The number of hydrogen-bond donors (Lipinski definition) is 2. The van der Waals surface area contributed by atoms with Crippen LogP contribution in [0.4, 0.5) is 0 Å². The zero-order valence-corrected chi connectivity index (χ0v) is 37.1. The molecule has 0 saturated heterocycles. The Morgan fingerprint density at radius 2 is 0.812 bits per heavy atom. The van der Waals surface area contributed by atoms with Crippen LogP contribution in [0.15, 0.2) is 164 Å². The van der Waals surface area contributed by atoms with Crippen LogP contribution in [0.25, 0.3) is 21.9 Å². The number of halogens is 2. The first kappa shape index (κ1) is 43.3. The van der Waals surface area contributed by atoms with Crippen molar-refractivity contribution in [1.29, 1.82) is 0 Å². The summed E-state index contributed by atoms with van der Waals surface area (Å²) in [5.41, 5.74) is 2.50. The summed E-state index contributed by atoms with van der Waals surface area (Å²) in [6, 6.07) is 40.3. The minimum absolute atomic E-state index is 0.0647. The summed E-state index contributed by atoms with van der Waals surface area (Å²) in [5.74, 6) is 2.75. The Hall–Kier alpha value is -6.00. The molecule has 10 rings (SSSR count). The molecule has 2 atom stereocenters. The molecule has 0 saturated carbocycles. The fourth-order valence-corrected chi connectivity index (χ4v) is 10.2. The van der Waals surface area contributed by atoms with Gasteiger partial charge in [0.15, 0.2) is 23.0 Å². The molecule has 16 heteroatoms. The third-order valence-corrected chi connectivity index (χ3v) is 14.0. The second kappa shape index (κ2) is 18.6. The first-order valence-corrected chi connectivity index (χ1v) is 24.0. The van der Waals surface area contributed by atoms with Crippen LogP contribution in [-0.4, -0.2) is 43.3 Å². The fourth-order valence-electron chi connectivity index (χ4n) is 7.33. The summed E-state index contributed by atoms with van der Waals surface area (Å²) in [7, 11) is -7.92. The van der Waals surface area contributed by atoms with Gasteiger partial charge in [0.1, 0.15) is 34.8 Å². The summed E-state index contributed by atoms with van der Waals surface area (Å²) < 4.78 is 93.7. The fraction of sp³-hybridized carbons (Fsp3) is 0.167. The predicted molar refractivity (Wildman–Crippen MR) is 244 cm³/mol. The molecule has 6 aromatic carbocycles. The topological polar surface area (TPSA) is 156 Å². The van der Waals surface area contributed by atoms with Gasteiger partial charge in [-0.1, -0.05) is 96.0 Å². The van der Waals surface area contributed by atoms with Crippen molar-refractivity contribution in [3.8, 4) is 23.0 Å². The molecular formula is C48H40Cl2N2O10S2. The van der Waals surface area contributed by atoms with E-state index in [0.717, 1.165) is 23.6 Å². The molecule has 0 bridgehead atoms. The SMILES string of the molecule is O=S(=O)(N[C@@H](c1cc2ccccc2o1)c1ccccc1Cl)c1ccc2c(c1)OCCCO2.O=S(=O)(N[C@H](c1cc2ccccc2o1)c1ccccc1Cl)c1ccc2c(c1)OCCCO2. The van der Waals surface area contributed by atoms with Crippen molar-refractivity contribution >= 4 is 65.2 Å². The number of rotatable bonds is 10. The van der Waals surface area contributed by atoms with Crippen LogP contribution in [0.3, 0.4) is 0 Å². The molecule has 328 valence electrons. The average molecular weight is 940 g/mol. The van der Waals surface area contributed by atoms with Crippen LogP contribution >= 0.6 is 23.2 Å². The van der Waals surface area contributed by atoms with Crippen LogP contribution in [0, 0.1) is 0 Å². The Morgan fingerprint density at radius 1 is 0.438 bits per heavy atom. The lowest BCUT2D eigenvalue weighted by Gasteiger charge is -2.19. The lowest BCUT2D eigenvalue weighted by molar-refractivity contribution is 0.296. The molecule has 12 nitrogen and oxygen atoms in total. The highest BCUT2D eigenvalue weighted by molar-refractivity contribution is 7.89. The van der Waals surface area contributed by atoms with Crippen LogP contribution in [0.5, 0.6) is 23.0 Å². The number of nitrogens with one attached hydrogen (secondary N) is 2. The highest BCUT2D eigenvalue weighted by atomic mass is 35.5. The molecule has 64 heavy (non-hydrogen) atoms. The van der Waals surface area contributed by atoms with Gasteiger partial charge in [-0.15, -0.1) is 0 Å². The van der Waals surface area contributed by atoms with E-state index < -0.39 is 32.1 Å². The van der Waals surface area contributed by atoms with Crippen LogP contribution in [-0.2, 0) is 20.0 Å². The van der Waals surface area contributed by atoms with Gasteiger partial charge < -0.3 is 27.8 Å². The lowest BCUT2D eigenvalue weighted by Crippen LogP contribution is -2.29. The van der Waals surface area contributed by atoms with Gasteiger partial charge in [0.25, 0.3) is 0 Å². The predicted octanol–water partition coefficient (Wildman–Crippen LogP) is 10.6. The van der Waals surface area contributed by atoms with Gasteiger partial charge in [-0.25, -0.2) is 16.8 Å². The minimum atomic E-state index is -3.96. The molecule has 0 radical (unpaired) electrons. The molecule has 0 spiro atoms. The number of ether oxygens (including phenoxy) is 4. The van der Waals surface area contributed by atoms with Gasteiger partial charge >= 0.3 is 0 Å². The first-order valence-electron chi connectivity index (χ1n) is 20.3. The van der Waals surface area contributed by atoms with Crippen molar-refractivity contribution in [1.82, 2.24) is 9.44 Å². The molecule has 0 fully saturated rings. The normalized spacial score (nSPS) is 14.8. The summed E-state index contributed by atoms with van der Waals surface area (Å²) in [5, 5.41) is 2.60. The van der Waals surface area contributed by atoms with Crippen molar-refractivity contribution in [3.05, 3.63) is 178 Å². The Balaban J connectivity index is 0.000000162. The maximum absolute atomic E-state index is 13.4. The van der Waals surface area contributed by atoms with E-state index in [-0.39, 0.29) is 9.79 Å². The Bertz CT molecular complexity index is 2910. The van der Waals surface area contributed by atoms with Crippen LogP contribution in [0.1, 0.15) is 47.6 Å². The second-order valence-electron chi connectivity index (χ2n) is 14.8. The summed E-state index contributed by atoms with van der Waals surface area (Å²) in [6.45, 7) is 1.98. The zero-order valence-electron chi connectivity index (χ0n) is 33.9. The molecule has 4 heterocycles. The zero-order chi connectivity index (χ0) is 44.3. The Morgan fingerprint density at radius 3 is 1.22 bits per heavy atom. The number of hydrogen-bond acceptors (Lipinski definition) is 10. The maximum atomic E-state index is 13.4. The molecular weight excluding hydrogens is 900 g/mol. The first-order chi connectivity index (χ1) is 31.0. The molecule has 0 amide bonds. The van der Waals surface area contributed by atoms with Crippen molar-refractivity contribution in [2.45, 2.75) is 34.7 Å². The number of benzene rings is 6. The smallest absolute Gasteiger partial charge is 0.241 e. The molecule has 0 aliphatic carbocycles. The number of furan rings is 2. The largest absolute Gasteiger partial charge is 0.490 e. The highest BCUT2D eigenvalue weighted by Gasteiger charge is 2.30. The van der Waals surface area contributed by atoms with E-state index in [9.17, 15) is 16.8 Å². The molecule has 2 aromatic heterocycles. The van der Waals surface area contributed by atoms with E-state index >= 15 is 0 Å². The number of para-hydroxylation sites is 2. The van der Waals surface area contributed by atoms with Crippen molar-refractivity contribution in [2.24, 2.45) is 0 Å². The molecule has 8 aromatic rings. The van der Waals surface area contributed by atoms with E-state index in [4.69, 9.17) is 51.0 Å².